The molecule has 8 nitrogen and oxygen atoms in total. The normalized spacial score (nSPS) is 16.8. The topological polar surface area (TPSA) is 105 Å². The molecule has 0 aromatic carbocycles. The second-order valence-corrected chi connectivity index (χ2v) is 8.30. The van der Waals surface area contributed by atoms with Crippen molar-refractivity contribution in [1.82, 2.24) is 20.3 Å². The smallest absolute Gasteiger partial charge is 0.242 e. The number of aliphatic imine (C=N–C) groups is 1. The van der Waals surface area contributed by atoms with Gasteiger partial charge in [0.15, 0.2) is 5.96 Å². The maximum atomic E-state index is 12.1. The third-order valence-corrected chi connectivity index (χ3v) is 6.21. The summed E-state index contributed by atoms with van der Waals surface area (Å²) in [7, 11) is -0.0971. The predicted molar refractivity (Wildman–Crippen MR) is 102 cm³/mol. The molecule has 0 radical (unpaired) electrons. The van der Waals surface area contributed by atoms with Gasteiger partial charge >= 0.3 is 0 Å². The van der Waals surface area contributed by atoms with E-state index in [-0.39, 0.29) is 16.9 Å². The lowest BCUT2D eigenvalue weighted by Crippen LogP contribution is -2.48. The highest BCUT2D eigenvalue weighted by Gasteiger charge is 2.36. The number of hydrogen-bond donors (Lipinski definition) is 3. The summed E-state index contributed by atoms with van der Waals surface area (Å²) in [6, 6.07) is 3.11. The molecule has 1 aliphatic rings. The van der Waals surface area contributed by atoms with Crippen LogP contribution in [0.5, 0.6) is 0 Å². The fourth-order valence-corrected chi connectivity index (χ4v) is 3.95. The van der Waals surface area contributed by atoms with Crippen molar-refractivity contribution in [2.45, 2.75) is 30.6 Å². The first-order valence-electron chi connectivity index (χ1n) is 8.84. The van der Waals surface area contributed by atoms with Gasteiger partial charge in [-0.25, -0.2) is 13.1 Å². The summed E-state index contributed by atoms with van der Waals surface area (Å²) in [6.45, 7) is 2.30. The minimum atomic E-state index is -3.53. The molecule has 1 aromatic heterocycles. The van der Waals surface area contributed by atoms with Crippen LogP contribution in [0.2, 0.25) is 0 Å². The number of nitrogens with zero attached hydrogens (tertiary/aromatic N) is 2. The third-order valence-electron chi connectivity index (χ3n) is 4.76. The van der Waals surface area contributed by atoms with E-state index in [1.54, 1.807) is 20.2 Å². The Morgan fingerprint density at radius 3 is 2.73 bits per heavy atom. The molecule has 9 heteroatoms. The molecule has 0 saturated heterocycles. The van der Waals surface area contributed by atoms with E-state index in [9.17, 15) is 8.42 Å². The number of methoxy groups -OCH3 is 1. The first-order valence-corrected chi connectivity index (χ1v) is 10.3. The highest BCUT2D eigenvalue weighted by Crippen LogP contribution is 2.43. The zero-order valence-electron chi connectivity index (χ0n) is 15.5. The lowest BCUT2D eigenvalue weighted by molar-refractivity contribution is 0.0732. The van der Waals surface area contributed by atoms with Crippen molar-refractivity contribution in [3.05, 3.63) is 24.5 Å². The molecule has 0 spiro atoms. The van der Waals surface area contributed by atoms with Crippen molar-refractivity contribution in [1.29, 1.82) is 0 Å². The summed E-state index contributed by atoms with van der Waals surface area (Å²) in [5.74, 6) is 0.675. The van der Waals surface area contributed by atoms with Crippen LogP contribution in [-0.2, 0) is 14.8 Å². The Bertz CT molecular complexity index is 675. The van der Waals surface area contributed by atoms with Crippen LogP contribution in [-0.4, -0.2) is 59.8 Å². The van der Waals surface area contributed by atoms with Gasteiger partial charge in [-0.2, -0.15) is 0 Å². The predicted octanol–water partition coefficient (Wildman–Crippen LogP) is 0.732. The molecular formula is C17H29N5O3S. The van der Waals surface area contributed by atoms with Crippen LogP contribution >= 0.6 is 0 Å². The van der Waals surface area contributed by atoms with Gasteiger partial charge in [0, 0.05) is 52.8 Å². The van der Waals surface area contributed by atoms with Gasteiger partial charge < -0.3 is 15.4 Å². The summed E-state index contributed by atoms with van der Waals surface area (Å²) < 4.78 is 32.0. The second-order valence-electron chi connectivity index (χ2n) is 6.54. The van der Waals surface area contributed by atoms with Gasteiger partial charge in [-0.3, -0.25) is 9.98 Å². The van der Waals surface area contributed by atoms with E-state index in [1.807, 2.05) is 0 Å². The van der Waals surface area contributed by atoms with Crippen LogP contribution < -0.4 is 15.4 Å². The molecule has 2 rings (SSSR count). The minimum Gasteiger partial charge on any atom is -0.385 e. The lowest BCUT2D eigenvalue weighted by Gasteiger charge is -2.42. The van der Waals surface area contributed by atoms with Gasteiger partial charge in [-0.1, -0.05) is 6.42 Å². The maximum Gasteiger partial charge on any atom is 0.242 e. The van der Waals surface area contributed by atoms with Crippen molar-refractivity contribution in [3.63, 3.8) is 0 Å². The van der Waals surface area contributed by atoms with E-state index >= 15 is 0 Å². The SMILES string of the molecule is CN=C(NCCNS(=O)(=O)c1cccnc1)NCC1(CCOC)CCC1. The number of rotatable bonds is 10. The van der Waals surface area contributed by atoms with E-state index in [0.717, 1.165) is 19.6 Å². The number of nitrogens with one attached hydrogen (secondary N) is 3. The number of sulfonamides is 1. The molecule has 1 fully saturated rings. The highest BCUT2D eigenvalue weighted by atomic mass is 32.2. The van der Waals surface area contributed by atoms with Gasteiger partial charge in [0.1, 0.15) is 4.90 Å². The largest absolute Gasteiger partial charge is 0.385 e. The Hall–Kier alpha value is -1.71. The molecule has 3 N–H and O–H groups in total. The number of ether oxygens (including phenoxy) is 1. The van der Waals surface area contributed by atoms with E-state index in [2.05, 4.69) is 25.3 Å². The average molecular weight is 384 g/mol. The summed E-state index contributed by atoms with van der Waals surface area (Å²) in [6.07, 6.45) is 7.56. The molecule has 0 atom stereocenters. The molecule has 0 aliphatic heterocycles. The number of guanidine groups is 1. The van der Waals surface area contributed by atoms with Crippen LogP contribution in [0.4, 0.5) is 0 Å². The zero-order valence-corrected chi connectivity index (χ0v) is 16.3. The van der Waals surface area contributed by atoms with Crippen molar-refractivity contribution >= 4 is 16.0 Å². The van der Waals surface area contributed by atoms with Crippen LogP contribution in [0.3, 0.4) is 0 Å². The molecule has 1 aliphatic carbocycles. The maximum absolute atomic E-state index is 12.1. The lowest BCUT2D eigenvalue weighted by atomic mass is 9.67. The molecule has 0 unspecified atom stereocenters. The summed E-state index contributed by atoms with van der Waals surface area (Å²) >= 11 is 0. The monoisotopic (exact) mass is 383 g/mol. The first-order chi connectivity index (χ1) is 12.5. The number of aromatic nitrogens is 1. The van der Waals surface area contributed by atoms with Crippen molar-refractivity contribution in [3.8, 4) is 0 Å². The van der Waals surface area contributed by atoms with E-state index < -0.39 is 10.0 Å². The Balaban J connectivity index is 1.72. The molecule has 1 heterocycles. The third kappa shape index (κ3) is 5.93. The zero-order chi connectivity index (χ0) is 18.9. The molecule has 1 aromatic rings. The highest BCUT2D eigenvalue weighted by molar-refractivity contribution is 7.89. The minimum absolute atomic E-state index is 0.160. The number of hydrogen-bond acceptors (Lipinski definition) is 5. The van der Waals surface area contributed by atoms with Gasteiger partial charge in [0.05, 0.1) is 0 Å². The van der Waals surface area contributed by atoms with Crippen molar-refractivity contribution in [2.24, 2.45) is 10.4 Å². The molecular weight excluding hydrogens is 354 g/mol. The fraction of sp³-hybridized carbons (Fsp3) is 0.647. The van der Waals surface area contributed by atoms with E-state index in [4.69, 9.17) is 4.74 Å². The van der Waals surface area contributed by atoms with Crippen LogP contribution in [0.15, 0.2) is 34.4 Å². The first kappa shape index (κ1) is 20.6. The average Bonchev–Trinajstić information content (AvgIpc) is 2.62. The molecule has 26 heavy (non-hydrogen) atoms. The van der Waals surface area contributed by atoms with Gasteiger partial charge in [-0.15, -0.1) is 0 Å². The number of pyridine rings is 1. The Morgan fingerprint density at radius 1 is 1.35 bits per heavy atom. The second kappa shape index (κ2) is 9.84. The Morgan fingerprint density at radius 2 is 2.15 bits per heavy atom. The van der Waals surface area contributed by atoms with Gasteiger partial charge in [0.2, 0.25) is 10.0 Å². The molecule has 0 amide bonds. The van der Waals surface area contributed by atoms with Gasteiger partial charge in [-0.05, 0) is 36.8 Å². The standard InChI is InChI=1S/C17H29N5O3S/c1-18-16(21-14-17(6-4-7-17)8-12-25-2)20-10-11-22-26(23,24)15-5-3-9-19-13-15/h3,5,9,13,22H,4,6-8,10-12,14H2,1-2H3,(H2,18,20,21). The summed E-state index contributed by atoms with van der Waals surface area (Å²) in [5.41, 5.74) is 0.287. The van der Waals surface area contributed by atoms with E-state index in [0.29, 0.717) is 12.5 Å². The summed E-state index contributed by atoms with van der Waals surface area (Å²) in [4.78, 5) is 8.19. The van der Waals surface area contributed by atoms with Gasteiger partial charge in [0.25, 0.3) is 0 Å². The van der Waals surface area contributed by atoms with Crippen LogP contribution in [0.1, 0.15) is 25.7 Å². The Labute approximate surface area is 155 Å². The summed E-state index contributed by atoms with van der Waals surface area (Å²) in [5, 5.41) is 6.48. The molecule has 0 bridgehead atoms. The van der Waals surface area contributed by atoms with E-state index in [1.165, 1.54) is 37.7 Å². The quantitative estimate of drug-likeness (QED) is 0.313. The molecule has 146 valence electrons. The fourth-order valence-electron chi connectivity index (χ4n) is 2.96. The molecule has 1 saturated carbocycles. The Kier molecular flexibility index (Phi) is 7.80. The van der Waals surface area contributed by atoms with Crippen LogP contribution in [0, 0.1) is 5.41 Å². The van der Waals surface area contributed by atoms with Crippen molar-refractivity contribution < 1.29 is 13.2 Å². The van der Waals surface area contributed by atoms with Crippen LogP contribution in [0.25, 0.3) is 0 Å². The van der Waals surface area contributed by atoms with Crippen molar-refractivity contribution in [2.75, 3.05) is 40.4 Å².